The Morgan fingerprint density at radius 3 is 2.61 bits per heavy atom. The summed E-state index contributed by atoms with van der Waals surface area (Å²) in [5.74, 6) is -2.68. The number of nitrogens with zero attached hydrogens (tertiary/aromatic N) is 2. The van der Waals surface area contributed by atoms with Gasteiger partial charge >= 0.3 is 12.1 Å². The molecule has 3 rings (SSSR count). The van der Waals surface area contributed by atoms with E-state index in [0.29, 0.717) is 13.1 Å². The predicted octanol–water partition coefficient (Wildman–Crippen LogP) is -0.729. The molecule has 1 aromatic rings. The van der Waals surface area contributed by atoms with Gasteiger partial charge < -0.3 is 29.9 Å². The zero-order chi connectivity index (χ0) is 24.1. The van der Waals surface area contributed by atoms with Crippen molar-refractivity contribution >= 4 is 35.1 Å². The van der Waals surface area contributed by atoms with Gasteiger partial charge in [-0.2, -0.15) is 0 Å². The number of amides is 3. The van der Waals surface area contributed by atoms with E-state index in [1.807, 2.05) is 25.1 Å². The van der Waals surface area contributed by atoms with E-state index in [4.69, 9.17) is 4.74 Å². The minimum atomic E-state index is -1.68. The fraction of sp³-hybridized carbons (Fsp3) is 0.429. The molecule has 0 spiro atoms. The first-order valence-electron chi connectivity index (χ1n) is 10.2. The molecule has 0 saturated carbocycles. The molecular weight excluding hydrogens is 452 g/mol. The SMILES string of the molecule is CN(C)CCNC(=O)OCC1=C(C(=O)O)N2C(=O)C(NC(=O)Cc3ccccc3)[C@@H]2[S+]([O-])C1. The van der Waals surface area contributed by atoms with Gasteiger partial charge in [0.2, 0.25) is 11.3 Å². The highest BCUT2D eigenvalue weighted by atomic mass is 32.2. The molecule has 0 radical (unpaired) electrons. The zero-order valence-electron chi connectivity index (χ0n) is 18.3. The number of fused-ring (bicyclic) bond motifs is 1. The van der Waals surface area contributed by atoms with Crippen LogP contribution in [0.4, 0.5) is 4.79 Å². The number of carboxylic acids is 1. The molecule has 2 heterocycles. The number of benzene rings is 1. The van der Waals surface area contributed by atoms with E-state index in [1.165, 1.54) is 0 Å². The largest absolute Gasteiger partial charge is 0.614 e. The van der Waals surface area contributed by atoms with Crippen molar-refractivity contribution in [2.24, 2.45) is 0 Å². The maximum atomic E-state index is 12.8. The molecule has 1 aromatic carbocycles. The average Bonchev–Trinajstić information content (AvgIpc) is 2.75. The minimum Gasteiger partial charge on any atom is -0.614 e. The Morgan fingerprint density at radius 2 is 1.97 bits per heavy atom. The Hall–Kier alpha value is -3.09. The third kappa shape index (κ3) is 5.83. The molecule has 3 amide bonds. The summed E-state index contributed by atoms with van der Waals surface area (Å²) in [5.41, 5.74) is 0.458. The van der Waals surface area contributed by atoms with E-state index in [0.717, 1.165) is 10.5 Å². The molecule has 12 heteroatoms. The number of hydrogen-bond acceptors (Lipinski definition) is 7. The molecule has 3 N–H and O–H groups in total. The molecular formula is C21H26N4O7S. The van der Waals surface area contributed by atoms with Crippen LogP contribution in [0.5, 0.6) is 0 Å². The van der Waals surface area contributed by atoms with Crippen LogP contribution in [0.15, 0.2) is 41.6 Å². The number of carbonyl (C=O) groups is 4. The van der Waals surface area contributed by atoms with Crippen LogP contribution in [0.2, 0.25) is 0 Å². The highest BCUT2D eigenvalue weighted by Gasteiger charge is 2.61. The van der Waals surface area contributed by atoms with Crippen molar-refractivity contribution in [1.82, 2.24) is 20.4 Å². The number of hydrogen-bond donors (Lipinski definition) is 3. The molecule has 2 aliphatic heterocycles. The highest BCUT2D eigenvalue weighted by molar-refractivity contribution is 7.92. The molecule has 2 unspecified atom stereocenters. The lowest BCUT2D eigenvalue weighted by atomic mass is 10.0. The highest BCUT2D eigenvalue weighted by Crippen LogP contribution is 2.36. The first kappa shape index (κ1) is 24.6. The number of carboxylic acid groups (broad SMARTS) is 1. The van der Waals surface area contributed by atoms with E-state index < -0.39 is 53.1 Å². The van der Waals surface area contributed by atoms with Gasteiger partial charge in [0.05, 0.1) is 6.42 Å². The first-order chi connectivity index (χ1) is 15.7. The number of β-lactam (4-membered cyclic amide) rings is 1. The van der Waals surface area contributed by atoms with Crippen LogP contribution in [-0.4, -0.2) is 94.3 Å². The normalized spacial score (nSPS) is 21.9. The number of ether oxygens (including phenoxy) is 1. The van der Waals surface area contributed by atoms with Crippen LogP contribution in [-0.2, 0) is 36.7 Å². The number of carbonyl (C=O) groups excluding carboxylic acids is 3. The summed E-state index contributed by atoms with van der Waals surface area (Å²) in [6.07, 6.45) is -0.712. The van der Waals surface area contributed by atoms with Crippen molar-refractivity contribution in [3.63, 3.8) is 0 Å². The van der Waals surface area contributed by atoms with Crippen molar-refractivity contribution in [3.05, 3.63) is 47.2 Å². The van der Waals surface area contributed by atoms with Crippen LogP contribution in [0.3, 0.4) is 0 Å². The van der Waals surface area contributed by atoms with E-state index in [2.05, 4.69) is 10.6 Å². The first-order valence-corrected chi connectivity index (χ1v) is 11.6. The Labute approximate surface area is 193 Å². The number of likely N-dealkylation sites (N-methyl/N-ethyl adjacent to an activating group) is 1. The Morgan fingerprint density at radius 1 is 1.27 bits per heavy atom. The maximum Gasteiger partial charge on any atom is 0.407 e. The minimum absolute atomic E-state index is 0.0353. The molecule has 178 valence electrons. The standard InChI is InChI=1S/C21H26N4O7S/c1-24(2)9-8-22-21(30)32-11-14-12-33(31)19-16(18(27)25(19)17(14)20(28)29)23-15(26)10-13-6-4-3-5-7-13/h3-7,16,19H,8-12H2,1-2H3,(H,22,30)(H,23,26)(H,28,29)/t16?,19-,33?/m0/s1. The molecule has 0 aromatic heterocycles. The van der Waals surface area contributed by atoms with Gasteiger partial charge in [-0.1, -0.05) is 30.3 Å². The molecule has 33 heavy (non-hydrogen) atoms. The molecule has 2 aliphatic rings. The molecule has 3 atom stereocenters. The molecule has 11 nitrogen and oxygen atoms in total. The molecule has 1 saturated heterocycles. The summed E-state index contributed by atoms with van der Waals surface area (Å²) < 4.78 is 17.9. The van der Waals surface area contributed by atoms with Crippen LogP contribution in [0, 0.1) is 0 Å². The quantitative estimate of drug-likeness (QED) is 0.310. The van der Waals surface area contributed by atoms with Gasteiger partial charge in [0.15, 0.2) is 6.04 Å². The van der Waals surface area contributed by atoms with Crippen molar-refractivity contribution in [3.8, 4) is 0 Å². The van der Waals surface area contributed by atoms with Gasteiger partial charge in [-0.15, -0.1) is 0 Å². The lowest BCUT2D eigenvalue weighted by molar-refractivity contribution is -0.151. The summed E-state index contributed by atoms with van der Waals surface area (Å²) >= 11 is -1.68. The second kappa shape index (κ2) is 10.7. The van der Waals surface area contributed by atoms with E-state index in [9.17, 15) is 28.8 Å². The smallest absolute Gasteiger partial charge is 0.407 e. The zero-order valence-corrected chi connectivity index (χ0v) is 19.1. The third-order valence-electron chi connectivity index (χ3n) is 5.14. The van der Waals surface area contributed by atoms with Gasteiger partial charge in [-0.25, -0.2) is 9.59 Å². The van der Waals surface area contributed by atoms with Crippen LogP contribution < -0.4 is 10.6 Å². The second-order valence-electron chi connectivity index (χ2n) is 7.89. The fourth-order valence-electron chi connectivity index (χ4n) is 3.56. The van der Waals surface area contributed by atoms with Crippen molar-refractivity contribution < 1.29 is 33.6 Å². The average molecular weight is 479 g/mol. The third-order valence-corrected chi connectivity index (χ3v) is 6.79. The monoisotopic (exact) mass is 478 g/mol. The van der Waals surface area contributed by atoms with Crippen LogP contribution in [0.25, 0.3) is 0 Å². The molecule has 0 aliphatic carbocycles. The maximum absolute atomic E-state index is 12.8. The number of alkyl carbamates (subject to hydrolysis) is 1. The predicted molar refractivity (Wildman–Crippen MR) is 118 cm³/mol. The van der Waals surface area contributed by atoms with Crippen molar-refractivity contribution in [2.45, 2.75) is 17.8 Å². The van der Waals surface area contributed by atoms with E-state index in [-0.39, 0.29) is 23.4 Å². The van der Waals surface area contributed by atoms with E-state index >= 15 is 0 Å². The van der Waals surface area contributed by atoms with Crippen LogP contribution in [0.1, 0.15) is 5.56 Å². The summed E-state index contributed by atoms with van der Waals surface area (Å²) in [5, 5.41) is 13.8. The number of aliphatic carboxylic acids is 1. The molecule has 1 fully saturated rings. The Balaban J connectivity index is 1.64. The Kier molecular flexibility index (Phi) is 7.95. The van der Waals surface area contributed by atoms with Crippen LogP contribution >= 0.6 is 0 Å². The summed E-state index contributed by atoms with van der Waals surface area (Å²) in [4.78, 5) is 51.5. The van der Waals surface area contributed by atoms with Gasteiger partial charge in [0, 0.05) is 18.7 Å². The van der Waals surface area contributed by atoms with Crippen molar-refractivity contribution in [1.29, 1.82) is 0 Å². The summed E-state index contributed by atoms with van der Waals surface area (Å²) in [6.45, 7) is 0.506. The topological polar surface area (TPSA) is 151 Å². The second-order valence-corrected chi connectivity index (χ2v) is 9.43. The number of rotatable bonds is 9. The van der Waals surface area contributed by atoms with Gasteiger partial charge in [-0.3, -0.25) is 14.5 Å². The van der Waals surface area contributed by atoms with Gasteiger partial charge in [-0.05, 0) is 30.8 Å². The molecule has 0 bridgehead atoms. The van der Waals surface area contributed by atoms with E-state index in [1.54, 1.807) is 24.3 Å². The lowest BCUT2D eigenvalue weighted by Crippen LogP contribution is -2.75. The number of nitrogens with one attached hydrogen (secondary N) is 2. The van der Waals surface area contributed by atoms with Gasteiger partial charge in [0.25, 0.3) is 5.91 Å². The lowest BCUT2D eigenvalue weighted by Gasteiger charge is -2.48. The van der Waals surface area contributed by atoms with Gasteiger partial charge in [0.1, 0.15) is 18.1 Å². The Bertz CT molecular complexity index is 953. The fourth-order valence-corrected chi connectivity index (χ4v) is 5.22. The van der Waals surface area contributed by atoms with Crippen molar-refractivity contribution in [2.75, 3.05) is 39.5 Å². The summed E-state index contributed by atoms with van der Waals surface area (Å²) in [6, 6.07) is 7.83. The summed E-state index contributed by atoms with van der Waals surface area (Å²) in [7, 11) is 3.68.